The number of hydrogen-bond donors (Lipinski definition) is 1. The maximum absolute atomic E-state index is 13.0. The molecule has 3 nitrogen and oxygen atoms in total. The molecule has 1 N–H and O–H groups in total. The van der Waals surface area contributed by atoms with Crippen molar-refractivity contribution < 1.29 is 13.5 Å². The lowest BCUT2D eigenvalue weighted by molar-refractivity contribution is 0.273. The lowest BCUT2D eigenvalue weighted by atomic mass is 9.92. The zero-order valence-electron chi connectivity index (χ0n) is 12.2. The molecule has 0 radical (unpaired) electrons. The number of rotatable bonds is 8. The van der Waals surface area contributed by atoms with Crippen LogP contribution in [0.4, 0.5) is 8.78 Å². The van der Waals surface area contributed by atoms with Crippen molar-refractivity contribution in [2.75, 3.05) is 6.61 Å². The summed E-state index contributed by atoms with van der Waals surface area (Å²) in [5.74, 6) is -1.49. The summed E-state index contributed by atoms with van der Waals surface area (Å²) >= 11 is 0. The minimum absolute atomic E-state index is 0.308. The lowest BCUT2D eigenvalue weighted by Gasteiger charge is -2.26. The van der Waals surface area contributed by atoms with Crippen molar-refractivity contribution in [1.82, 2.24) is 5.32 Å². The summed E-state index contributed by atoms with van der Waals surface area (Å²) in [5.41, 5.74) is -0.501. The van der Waals surface area contributed by atoms with E-state index in [2.05, 4.69) is 11.4 Å². The molecule has 21 heavy (non-hydrogen) atoms. The van der Waals surface area contributed by atoms with Crippen molar-refractivity contribution in [2.24, 2.45) is 0 Å². The van der Waals surface area contributed by atoms with E-state index in [-0.39, 0.29) is 0 Å². The molecule has 1 saturated carbocycles. The van der Waals surface area contributed by atoms with E-state index < -0.39 is 17.2 Å². The quantitative estimate of drug-likeness (QED) is 0.746. The van der Waals surface area contributed by atoms with Crippen LogP contribution in [0.3, 0.4) is 0 Å². The molecule has 0 bridgehead atoms. The molecule has 0 aromatic heterocycles. The standard InChI is InChI=1S/C16H20F2N2O/c1-2-16(11-19,20-12-4-5-12)8-3-9-21-13-6-7-14(17)15(18)10-13/h6-7,10,12,20H,2-5,8-9H2,1H3. The summed E-state index contributed by atoms with van der Waals surface area (Å²) < 4.78 is 31.2. The molecule has 5 heteroatoms. The van der Waals surface area contributed by atoms with Crippen molar-refractivity contribution in [3.05, 3.63) is 29.8 Å². The monoisotopic (exact) mass is 294 g/mol. The molecule has 2 rings (SSSR count). The highest BCUT2D eigenvalue weighted by Crippen LogP contribution is 2.26. The van der Waals surface area contributed by atoms with Gasteiger partial charge in [-0.25, -0.2) is 8.78 Å². The molecular weight excluding hydrogens is 274 g/mol. The summed E-state index contributed by atoms with van der Waals surface area (Å²) in [6, 6.07) is 6.33. The van der Waals surface area contributed by atoms with E-state index in [0.717, 1.165) is 31.4 Å². The number of halogens is 2. The maximum atomic E-state index is 13.0. The summed E-state index contributed by atoms with van der Waals surface area (Å²) in [4.78, 5) is 0. The van der Waals surface area contributed by atoms with Gasteiger partial charge in [0, 0.05) is 12.1 Å². The minimum Gasteiger partial charge on any atom is -0.493 e. The number of nitriles is 1. The first-order valence-corrected chi connectivity index (χ1v) is 7.35. The molecule has 1 aromatic rings. The van der Waals surface area contributed by atoms with Gasteiger partial charge in [-0.2, -0.15) is 5.26 Å². The predicted octanol–water partition coefficient (Wildman–Crippen LogP) is 3.55. The second-order valence-corrected chi connectivity index (χ2v) is 5.49. The first kappa shape index (κ1) is 15.7. The molecule has 114 valence electrons. The molecule has 0 saturated heterocycles. The van der Waals surface area contributed by atoms with Crippen LogP contribution in [0, 0.1) is 23.0 Å². The Balaban J connectivity index is 1.79. The van der Waals surface area contributed by atoms with E-state index in [1.54, 1.807) is 0 Å². The fourth-order valence-electron chi connectivity index (χ4n) is 2.27. The van der Waals surface area contributed by atoms with Gasteiger partial charge in [-0.15, -0.1) is 0 Å². The van der Waals surface area contributed by atoms with Gasteiger partial charge in [-0.05, 0) is 44.2 Å². The Morgan fingerprint density at radius 3 is 2.71 bits per heavy atom. The van der Waals surface area contributed by atoms with Crippen LogP contribution in [0.15, 0.2) is 18.2 Å². The Bertz CT molecular complexity index is 525. The van der Waals surface area contributed by atoms with Gasteiger partial charge in [0.05, 0.1) is 12.7 Å². The van der Waals surface area contributed by atoms with Crippen molar-refractivity contribution in [3.63, 3.8) is 0 Å². The number of nitrogens with one attached hydrogen (secondary N) is 1. The number of ether oxygens (including phenoxy) is 1. The molecule has 1 aromatic carbocycles. The third-order valence-electron chi connectivity index (χ3n) is 3.78. The molecule has 1 fully saturated rings. The first-order valence-electron chi connectivity index (χ1n) is 7.35. The summed E-state index contributed by atoms with van der Waals surface area (Å²) in [6.45, 7) is 2.37. The van der Waals surface area contributed by atoms with Gasteiger partial charge in [0.1, 0.15) is 11.3 Å². The lowest BCUT2D eigenvalue weighted by Crippen LogP contribution is -2.44. The van der Waals surface area contributed by atoms with Crippen LogP contribution in [-0.2, 0) is 0 Å². The second kappa shape index (κ2) is 6.86. The Kier molecular flexibility index (Phi) is 5.13. The summed E-state index contributed by atoms with van der Waals surface area (Å²) in [7, 11) is 0. The van der Waals surface area contributed by atoms with E-state index in [4.69, 9.17) is 4.74 Å². The van der Waals surface area contributed by atoms with E-state index in [1.807, 2.05) is 6.92 Å². The molecule has 1 atom stereocenters. The minimum atomic E-state index is -0.914. The highest BCUT2D eigenvalue weighted by Gasteiger charge is 2.34. The zero-order chi connectivity index (χ0) is 15.3. The van der Waals surface area contributed by atoms with Crippen LogP contribution in [0.2, 0.25) is 0 Å². The fraction of sp³-hybridized carbons (Fsp3) is 0.562. The highest BCUT2D eigenvalue weighted by molar-refractivity contribution is 5.23. The first-order chi connectivity index (χ1) is 10.1. The van der Waals surface area contributed by atoms with Crippen LogP contribution >= 0.6 is 0 Å². The largest absolute Gasteiger partial charge is 0.493 e. The molecule has 1 aliphatic rings. The van der Waals surface area contributed by atoms with Crippen molar-refractivity contribution >= 4 is 0 Å². The van der Waals surface area contributed by atoms with E-state index >= 15 is 0 Å². The number of benzene rings is 1. The van der Waals surface area contributed by atoms with Crippen molar-refractivity contribution in [2.45, 2.75) is 50.6 Å². The second-order valence-electron chi connectivity index (χ2n) is 5.49. The van der Waals surface area contributed by atoms with Gasteiger partial charge in [-0.1, -0.05) is 6.92 Å². The van der Waals surface area contributed by atoms with E-state index in [1.165, 1.54) is 6.07 Å². The van der Waals surface area contributed by atoms with Crippen molar-refractivity contribution in [3.8, 4) is 11.8 Å². The van der Waals surface area contributed by atoms with Crippen LogP contribution in [-0.4, -0.2) is 18.2 Å². The molecule has 1 aliphatic carbocycles. The summed E-state index contributed by atoms with van der Waals surface area (Å²) in [5, 5.41) is 12.8. The van der Waals surface area contributed by atoms with Crippen LogP contribution in [0.5, 0.6) is 5.75 Å². The van der Waals surface area contributed by atoms with Gasteiger partial charge in [0.2, 0.25) is 0 Å². The van der Waals surface area contributed by atoms with Crippen molar-refractivity contribution in [1.29, 1.82) is 5.26 Å². The molecular formula is C16H20F2N2O. The van der Waals surface area contributed by atoms with Gasteiger partial charge >= 0.3 is 0 Å². The maximum Gasteiger partial charge on any atom is 0.162 e. The topological polar surface area (TPSA) is 45.0 Å². The van der Waals surface area contributed by atoms with E-state index in [9.17, 15) is 14.0 Å². The average molecular weight is 294 g/mol. The normalized spacial score (nSPS) is 17.0. The molecule has 0 spiro atoms. The number of nitrogens with zero attached hydrogens (tertiary/aromatic N) is 1. The molecule has 0 heterocycles. The predicted molar refractivity (Wildman–Crippen MR) is 75.9 cm³/mol. The Labute approximate surface area is 123 Å². The average Bonchev–Trinajstić information content (AvgIpc) is 3.30. The SMILES string of the molecule is CCC(C#N)(CCCOc1ccc(F)c(F)c1)NC1CC1. The van der Waals surface area contributed by atoms with E-state index in [0.29, 0.717) is 31.2 Å². The highest BCUT2D eigenvalue weighted by atomic mass is 19.2. The Morgan fingerprint density at radius 2 is 2.14 bits per heavy atom. The molecule has 1 unspecified atom stereocenters. The number of hydrogen-bond acceptors (Lipinski definition) is 3. The van der Waals surface area contributed by atoms with Gasteiger partial charge in [-0.3, -0.25) is 5.32 Å². The third-order valence-corrected chi connectivity index (χ3v) is 3.78. The van der Waals surface area contributed by atoms with Crippen LogP contribution < -0.4 is 10.1 Å². The smallest absolute Gasteiger partial charge is 0.162 e. The summed E-state index contributed by atoms with van der Waals surface area (Å²) in [6.07, 6.45) is 4.37. The third kappa shape index (κ3) is 4.40. The molecule has 0 aliphatic heterocycles. The van der Waals surface area contributed by atoms with Crippen LogP contribution in [0.25, 0.3) is 0 Å². The molecule has 0 amide bonds. The zero-order valence-corrected chi connectivity index (χ0v) is 12.2. The van der Waals surface area contributed by atoms with Gasteiger partial charge in [0.15, 0.2) is 11.6 Å². The van der Waals surface area contributed by atoms with Gasteiger partial charge in [0.25, 0.3) is 0 Å². The Morgan fingerprint density at radius 1 is 1.38 bits per heavy atom. The Hall–Kier alpha value is -1.67. The van der Waals surface area contributed by atoms with Gasteiger partial charge < -0.3 is 4.74 Å². The van der Waals surface area contributed by atoms with Crippen LogP contribution in [0.1, 0.15) is 39.0 Å². The fourth-order valence-corrected chi connectivity index (χ4v) is 2.27.